The molecule has 7 heteroatoms. The van der Waals surface area contributed by atoms with Crippen molar-refractivity contribution < 1.29 is 18.0 Å². The lowest BCUT2D eigenvalue weighted by Crippen LogP contribution is -2.51. The van der Waals surface area contributed by atoms with Crippen molar-refractivity contribution in [3.8, 4) is 11.1 Å². The maximum Gasteiger partial charge on any atom is 0.416 e. The molecule has 1 aromatic carbocycles. The molecule has 2 fully saturated rings. The second-order valence-corrected chi connectivity index (χ2v) is 9.79. The molecule has 2 heterocycles. The van der Waals surface area contributed by atoms with E-state index in [-0.39, 0.29) is 23.7 Å². The van der Waals surface area contributed by atoms with E-state index in [2.05, 4.69) is 21.6 Å². The number of fused-ring (bicyclic) bond motifs is 2. The highest BCUT2D eigenvalue weighted by molar-refractivity contribution is 5.95. The van der Waals surface area contributed by atoms with Crippen molar-refractivity contribution in [2.75, 3.05) is 0 Å². The summed E-state index contributed by atoms with van der Waals surface area (Å²) in [5.41, 5.74) is 4.88. The summed E-state index contributed by atoms with van der Waals surface area (Å²) in [6, 6.07) is 8.92. The third-order valence-electron chi connectivity index (χ3n) is 7.83. The molecule has 3 aliphatic rings. The second kappa shape index (κ2) is 9.01. The zero-order valence-corrected chi connectivity index (χ0v) is 19.1. The number of carbonyl (C=O) groups is 1. The van der Waals surface area contributed by atoms with Gasteiger partial charge in [0.15, 0.2) is 0 Å². The highest BCUT2D eigenvalue weighted by Crippen LogP contribution is 2.50. The van der Waals surface area contributed by atoms with E-state index in [9.17, 15) is 18.0 Å². The summed E-state index contributed by atoms with van der Waals surface area (Å²) in [4.78, 5) is 17.1. The Morgan fingerprint density at radius 2 is 1.91 bits per heavy atom. The first kappa shape index (κ1) is 22.8. The fraction of sp³-hybridized carbons (Fsp3) is 0.444. The van der Waals surface area contributed by atoms with Crippen molar-refractivity contribution in [3.63, 3.8) is 0 Å². The Hall–Kier alpha value is -2.96. The number of nitrogens with zero attached hydrogens (tertiary/aromatic N) is 2. The molecule has 5 rings (SSSR count). The van der Waals surface area contributed by atoms with E-state index in [1.165, 1.54) is 31.7 Å². The van der Waals surface area contributed by atoms with Gasteiger partial charge in [0.1, 0.15) is 0 Å². The molecule has 178 valence electrons. The van der Waals surface area contributed by atoms with Crippen molar-refractivity contribution in [1.82, 2.24) is 10.4 Å². The number of rotatable bonds is 3. The maximum atomic E-state index is 13.1. The Labute approximate surface area is 197 Å². The second-order valence-electron chi connectivity index (χ2n) is 9.79. The summed E-state index contributed by atoms with van der Waals surface area (Å²) < 4.78 is 39.2. The first-order valence-electron chi connectivity index (χ1n) is 12.0. The van der Waals surface area contributed by atoms with Gasteiger partial charge in [0.2, 0.25) is 5.91 Å². The molecule has 2 aromatic rings. The molecule has 34 heavy (non-hydrogen) atoms. The normalized spacial score (nSPS) is 29.2. The van der Waals surface area contributed by atoms with Crippen molar-refractivity contribution in [2.45, 2.75) is 45.2 Å². The highest BCUT2D eigenvalue weighted by Gasteiger charge is 2.49. The number of nitrogens with one attached hydrogen (secondary N) is 1. The number of halogens is 3. The van der Waals surface area contributed by atoms with Gasteiger partial charge in [-0.2, -0.15) is 18.3 Å². The Bertz CT molecular complexity index is 1120. The summed E-state index contributed by atoms with van der Waals surface area (Å²) in [6.45, 7) is 2.00. The van der Waals surface area contributed by atoms with E-state index in [0.717, 1.165) is 30.0 Å². The van der Waals surface area contributed by atoms with Crippen LogP contribution in [0.1, 0.15) is 50.3 Å². The summed E-state index contributed by atoms with van der Waals surface area (Å²) in [7, 11) is 0. The van der Waals surface area contributed by atoms with Crippen LogP contribution in [0.5, 0.6) is 0 Å². The number of carbonyl (C=O) groups excluding carboxylic acids is 1. The monoisotopic (exact) mass is 467 g/mol. The van der Waals surface area contributed by atoms with Gasteiger partial charge in [-0.25, -0.2) is 5.43 Å². The van der Waals surface area contributed by atoms with Gasteiger partial charge in [0.25, 0.3) is 0 Å². The SMILES string of the molecule is CC1=NNC(=O)[C@@H]2C[C@@H]3CCCC[C@H]3[C@H](C=Cc3ccc(-c4cccc(C(F)(F)F)c4)cn3)[C@@H]12. The molecular weight excluding hydrogens is 439 g/mol. The van der Waals surface area contributed by atoms with Gasteiger partial charge in [-0.15, -0.1) is 0 Å². The Kier molecular flexibility index (Phi) is 6.04. The van der Waals surface area contributed by atoms with Crippen molar-refractivity contribution in [1.29, 1.82) is 0 Å². The standard InChI is InChI=1S/C27H28F3N3O/c1-16-25-23(22-8-3-2-5-18(22)14-24(25)26(34)33-32-16)12-11-21-10-9-19(15-31-21)17-6-4-7-20(13-17)27(28,29)30/h4,6-7,9-13,15,18,22-25H,2-3,5,8,14H2,1H3,(H,33,34)/t18-,22+,23-,24+,25+/m0/s1. The van der Waals surface area contributed by atoms with Crippen LogP contribution in [0.4, 0.5) is 13.2 Å². The fourth-order valence-corrected chi connectivity index (χ4v) is 6.21. The van der Waals surface area contributed by atoms with Crippen LogP contribution in [0.2, 0.25) is 0 Å². The molecule has 1 aromatic heterocycles. The third kappa shape index (κ3) is 4.40. The minimum atomic E-state index is -4.38. The minimum Gasteiger partial charge on any atom is -0.273 e. The van der Waals surface area contributed by atoms with Crippen LogP contribution in [0.3, 0.4) is 0 Å². The predicted molar refractivity (Wildman–Crippen MR) is 125 cm³/mol. The van der Waals surface area contributed by atoms with E-state index in [0.29, 0.717) is 23.0 Å². The number of aromatic nitrogens is 1. The lowest BCUT2D eigenvalue weighted by atomic mass is 9.56. The quantitative estimate of drug-likeness (QED) is 0.572. The molecular formula is C27H28F3N3O. The topological polar surface area (TPSA) is 54.4 Å². The molecule has 0 bridgehead atoms. The molecule has 5 atom stereocenters. The van der Waals surface area contributed by atoms with Gasteiger partial charge >= 0.3 is 6.18 Å². The van der Waals surface area contributed by atoms with Gasteiger partial charge in [0, 0.05) is 29.3 Å². The van der Waals surface area contributed by atoms with Crippen molar-refractivity contribution >= 4 is 17.7 Å². The minimum absolute atomic E-state index is 0.0292. The van der Waals surface area contributed by atoms with E-state index >= 15 is 0 Å². The fourth-order valence-electron chi connectivity index (χ4n) is 6.21. The first-order chi connectivity index (χ1) is 16.3. The number of hydrazone groups is 1. The molecule has 0 spiro atoms. The van der Waals surface area contributed by atoms with Crippen LogP contribution in [0, 0.1) is 29.6 Å². The number of pyridine rings is 1. The average Bonchev–Trinajstić information content (AvgIpc) is 2.84. The molecule has 0 radical (unpaired) electrons. The zero-order chi connectivity index (χ0) is 23.9. The molecule has 2 aliphatic carbocycles. The Morgan fingerprint density at radius 3 is 2.68 bits per heavy atom. The molecule has 2 saturated carbocycles. The van der Waals surface area contributed by atoms with Gasteiger partial charge in [-0.1, -0.05) is 43.5 Å². The summed E-state index contributed by atoms with van der Waals surface area (Å²) in [5, 5.41) is 4.30. The lowest BCUT2D eigenvalue weighted by molar-refractivity contribution is -0.137. The molecule has 1 amide bonds. The zero-order valence-electron chi connectivity index (χ0n) is 19.1. The number of amides is 1. The highest BCUT2D eigenvalue weighted by atomic mass is 19.4. The molecule has 1 aliphatic heterocycles. The van der Waals surface area contributed by atoms with Crippen LogP contribution >= 0.6 is 0 Å². The van der Waals surface area contributed by atoms with Gasteiger partial charge in [-0.3, -0.25) is 9.78 Å². The maximum absolute atomic E-state index is 13.1. The van der Waals surface area contributed by atoms with Crippen molar-refractivity contribution in [3.05, 3.63) is 59.9 Å². The van der Waals surface area contributed by atoms with E-state index in [1.807, 2.05) is 19.1 Å². The average molecular weight is 468 g/mol. The van der Waals surface area contributed by atoms with Crippen LogP contribution in [0.15, 0.2) is 53.8 Å². The third-order valence-corrected chi connectivity index (χ3v) is 7.83. The summed E-state index contributed by atoms with van der Waals surface area (Å²) >= 11 is 0. The number of alkyl halides is 3. The number of hydrogen-bond acceptors (Lipinski definition) is 3. The van der Waals surface area contributed by atoms with Gasteiger partial charge in [-0.05, 0) is 67.4 Å². The summed E-state index contributed by atoms with van der Waals surface area (Å²) in [5.74, 6) is 1.41. The van der Waals surface area contributed by atoms with E-state index in [4.69, 9.17) is 0 Å². The van der Waals surface area contributed by atoms with Crippen LogP contribution in [0.25, 0.3) is 17.2 Å². The Balaban J connectivity index is 1.40. The predicted octanol–water partition coefficient (Wildman–Crippen LogP) is 6.35. The smallest absolute Gasteiger partial charge is 0.273 e. The largest absolute Gasteiger partial charge is 0.416 e. The van der Waals surface area contributed by atoms with Crippen LogP contribution in [-0.4, -0.2) is 16.6 Å². The number of benzene rings is 1. The first-order valence-corrected chi connectivity index (χ1v) is 12.0. The molecule has 1 N–H and O–H groups in total. The van der Waals surface area contributed by atoms with Gasteiger partial charge < -0.3 is 0 Å². The molecule has 0 unspecified atom stereocenters. The Morgan fingerprint density at radius 1 is 1.09 bits per heavy atom. The summed E-state index contributed by atoms with van der Waals surface area (Å²) in [6.07, 6.45) is 7.14. The number of hydrogen-bond donors (Lipinski definition) is 1. The van der Waals surface area contributed by atoms with Crippen LogP contribution in [-0.2, 0) is 11.0 Å². The van der Waals surface area contributed by atoms with Crippen LogP contribution < -0.4 is 5.43 Å². The molecule has 4 nitrogen and oxygen atoms in total. The lowest BCUT2D eigenvalue weighted by Gasteiger charge is -2.49. The van der Waals surface area contributed by atoms with E-state index < -0.39 is 11.7 Å². The molecule has 0 saturated heterocycles. The van der Waals surface area contributed by atoms with Gasteiger partial charge in [0.05, 0.1) is 11.3 Å². The van der Waals surface area contributed by atoms with E-state index in [1.54, 1.807) is 18.3 Å². The van der Waals surface area contributed by atoms with Crippen molar-refractivity contribution in [2.24, 2.45) is 34.7 Å². The number of allylic oxidation sites excluding steroid dienone is 1.